The highest BCUT2D eigenvalue weighted by atomic mass is 19.1. The van der Waals surface area contributed by atoms with Gasteiger partial charge >= 0.3 is 0 Å². The number of benzene rings is 1. The van der Waals surface area contributed by atoms with Crippen molar-refractivity contribution in [1.82, 2.24) is 5.32 Å². The van der Waals surface area contributed by atoms with E-state index in [0.29, 0.717) is 38.2 Å². The Labute approximate surface area is 108 Å². The van der Waals surface area contributed by atoms with Crippen molar-refractivity contribution in [3.63, 3.8) is 0 Å². The quantitative estimate of drug-likeness (QED) is 0.725. The first-order valence-corrected chi connectivity index (χ1v) is 6.36. The van der Waals surface area contributed by atoms with Gasteiger partial charge in [0.25, 0.3) is 0 Å². The third kappa shape index (κ3) is 5.02. The molecule has 0 amide bonds. The van der Waals surface area contributed by atoms with Gasteiger partial charge in [-0.15, -0.1) is 0 Å². The van der Waals surface area contributed by atoms with Crippen molar-refractivity contribution in [3.05, 3.63) is 29.6 Å². The fraction of sp³-hybridized carbons (Fsp3) is 0.571. The van der Waals surface area contributed by atoms with E-state index < -0.39 is 0 Å². The van der Waals surface area contributed by atoms with Gasteiger partial charge in [0.1, 0.15) is 6.61 Å². The van der Waals surface area contributed by atoms with E-state index in [0.717, 1.165) is 5.56 Å². The molecule has 0 spiro atoms. The van der Waals surface area contributed by atoms with E-state index in [2.05, 4.69) is 19.2 Å². The van der Waals surface area contributed by atoms with Crippen LogP contribution >= 0.6 is 0 Å². The third-order valence-electron chi connectivity index (χ3n) is 2.43. The molecule has 4 heteroatoms. The number of nitrogens with one attached hydrogen (secondary N) is 1. The number of hydrogen-bond acceptors (Lipinski definition) is 3. The van der Waals surface area contributed by atoms with Gasteiger partial charge in [-0.2, -0.15) is 0 Å². The molecule has 3 nitrogen and oxygen atoms in total. The Bertz CT molecular complexity index is 356. The number of ether oxygens (including phenoxy) is 2. The predicted octanol–water partition coefficient (Wildman–Crippen LogP) is 2.74. The molecule has 1 rings (SSSR count). The Kier molecular flexibility index (Phi) is 6.68. The van der Waals surface area contributed by atoms with Crippen molar-refractivity contribution in [2.24, 2.45) is 0 Å². The molecule has 0 fully saturated rings. The van der Waals surface area contributed by atoms with Gasteiger partial charge in [0.15, 0.2) is 11.6 Å². The van der Waals surface area contributed by atoms with E-state index >= 15 is 0 Å². The van der Waals surface area contributed by atoms with Gasteiger partial charge in [0.2, 0.25) is 0 Å². The van der Waals surface area contributed by atoms with Crippen molar-refractivity contribution >= 4 is 0 Å². The normalized spacial score (nSPS) is 10.9. The summed E-state index contributed by atoms with van der Waals surface area (Å²) in [4.78, 5) is 0. The highest BCUT2D eigenvalue weighted by Crippen LogP contribution is 2.22. The van der Waals surface area contributed by atoms with Crippen molar-refractivity contribution in [2.45, 2.75) is 33.4 Å². The van der Waals surface area contributed by atoms with Crippen molar-refractivity contribution in [2.75, 3.05) is 19.8 Å². The second-order valence-corrected chi connectivity index (χ2v) is 4.31. The zero-order valence-corrected chi connectivity index (χ0v) is 11.3. The summed E-state index contributed by atoms with van der Waals surface area (Å²) in [6, 6.07) is 5.33. The van der Waals surface area contributed by atoms with E-state index in [1.54, 1.807) is 6.07 Å². The summed E-state index contributed by atoms with van der Waals surface area (Å²) >= 11 is 0. The van der Waals surface area contributed by atoms with Crippen LogP contribution in [0.1, 0.15) is 26.3 Å². The molecule has 0 aliphatic heterocycles. The van der Waals surface area contributed by atoms with Gasteiger partial charge in [-0.3, -0.25) is 0 Å². The molecule has 0 aliphatic carbocycles. The summed E-state index contributed by atoms with van der Waals surface area (Å²) in [5, 5.41) is 3.25. The van der Waals surface area contributed by atoms with Gasteiger partial charge in [-0.1, -0.05) is 26.0 Å². The Morgan fingerprint density at radius 3 is 2.72 bits per heavy atom. The zero-order chi connectivity index (χ0) is 13.4. The maximum absolute atomic E-state index is 13.7. The average Bonchev–Trinajstić information content (AvgIpc) is 2.34. The first-order valence-electron chi connectivity index (χ1n) is 6.36. The molecule has 1 aromatic carbocycles. The monoisotopic (exact) mass is 255 g/mol. The molecule has 0 heterocycles. The smallest absolute Gasteiger partial charge is 0.165 e. The minimum atomic E-state index is -0.324. The number of rotatable bonds is 8. The third-order valence-corrected chi connectivity index (χ3v) is 2.43. The Balaban J connectivity index is 2.62. The largest absolute Gasteiger partial charge is 0.488 e. The van der Waals surface area contributed by atoms with Gasteiger partial charge in [-0.25, -0.2) is 4.39 Å². The lowest BCUT2D eigenvalue weighted by Crippen LogP contribution is -2.22. The minimum Gasteiger partial charge on any atom is -0.488 e. The maximum atomic E-state index is 13.7. The SMILES string of the molecule is CCOCCOc1c(F)cccc1CNC(C)C. The topological polar surface area (TPSA) is 30.5 Å². The summed E-state index contributed by atoms with van der Waals surface area (Å²) in [6.45, 7) is 8.10. The standard InChI is InChI=1S/C14H22FNO2/c1-4-17-8-9-18-14-12(10-16-11(2)3)6-5-7-13(14)15/h5-7,11,16H,4,8-10H2,1-3H3. The lowest BCUT2D eigenvalue weighted by Gasteiger charge is -2.14. The van der Waals surface area contributed by atoms with Gasteiger partial charge < -0.3 is 14.8 Å². The average molecular weight is 255 g/mol. The van der Waals surface area contributed by atoms with E-state index in [9.17, 15) is 4.39 Å². The molecule has 0 aliphatic rings. The molecule has 102 valence electrons. The Morgan fingerprint density at radius 1 is 1.28 bits per heavy atom. The van der Waals surface area contributed by atoms with Crippen LogP contribution in [0.5, 0.6) is 5.75 Å². The number of para-hydroxylation sites is 1. The highest BCUT2D eigenvalue weighted by Gasteiger charge is 2.09. The van der Waals surface area contributed by atoms with Gasteiger partial charge in [0, 0.05) is 24.8 Å². The van der Waals surface area contributed by atoms with Crippen LogP contribution in [0.4, 0.5) is 4.39 Å². The lowest BCUT2D eigenvalue weighted by atomic mass is 10.2. The summed E-state index contributed by atoms with van der Waals surface area (Å²) in [5.74, 6) is -0.0000855. The molecule has 18 heavy (non-hydrogen) atoms. The fourth-order valence-corrected chi connectivity index (χ4v) is 1.52. The van der Waals surface area contributed by atoms with Gasteiger partial charge in [-0.05, 0) is 13.0 Å². The molecule has 0 saturated heterocycles. The van der Waals surface area contributed by atoms with E-state index in [1.165, 1.54) is 6.07 Å². The Morgan fingerprint density at radius 2 is 2.06 bits per heavy atom. The zero-order valence-electron chi connectivity index (χ0n) is 11.3. The van der Waals surface area contributed by atoms with Crippen LogP contribution in [0.3, 0.4) is 0 Å². The summed E-state index contributed by atoms with van der Waals surface area (Å²) in [7, 11) is 0. The second kappa shape index (κ2) is 8.06. The maximum Gasteiger partial charge on any atom is 0.165 e. The fourth-order valence-electron chi connectivity index (χ4n) is 1.52. The van der Waals surface area contributed by atoms with Crippen LogP contribution in [0.2, 0.25) is 0 Å². The predicted molar refractivity (Wildman–Crippen MR) is 70.4 cm³/mol. The van der Waals surface area contributed by atoms with E-state index in [-0.39, 0.29) is 5.82 Å². The first kappa shape index (κ1) is 14.9. The highest BCUT2D eigenvalue weighted by molar-refractivity contribution is 5.34. The summed E-state index contributed by atoms with van der Waals surface area (Å²) in [6.07, 6.45) is 0. The van der Waals surface area contributed by atoms with E-state index in [4.69, 9.17) is 9.47 Å². The number of hydrogen-bond donors (Lipinski definition) is 1. The van der Waals surface area contributed by atoms with Crippen LogP contribution in [-0.2, 0) is 11.3 Å². The van der Waals surface area contributed by atoms with Gasteiger partial charge in [0.05, 0.1) is 6.61 Å². The van der Waals surface area contributed by atoms with Crippen LogP contribution in [-0.4, -0.2) is 25.9 Å². The molecular weight excluding hydrogens is 233 g/mol. The first-order chi connectivity index (χ1) is 8.65. The molecule has 0 atom stereocenters. The molecule has 1 N–H and O–H groups in total. The van der Waals surface area contributed by atoms with Crippen LogP contribution < -0.4 is 10.1 Å². The second-order valence-electron chi connectivity index (χ2n) is 4.31. The van der Waals surface area contributed by atoms with Crippen LogP contribution in [0.25, 0.3) is 0 Å². The number of halogens is 1. The molecule has 0 radical (unpaired) electrons. The minimum absolute atomic E-state index is 0.324. The van der Waals surface area contributed by atoms with Crippen LogP contribution in [0.15, 0.2) is 18.2 Å². The van der Waals surface area contributed by atoms with Crippen molar-refractivity contribution in [3.8, 4) is 5.75 Å². The molecular formula is C14H22FNO2. The van der Waals surface area contributed by atoms with E-state index in [1.807, 2.05) is 13.0 Å². The van der Waals surface area contributed by atoms with Crippen LogP contribution in [0, 0.1) is 5.82 Å². The molecule has 0 saturated carbocycles. The lowest BCUT2D eigenvalue weighted by molar-refractivity contribution is 0.108. The van der Waals surface area contributed by atoms with Crippen molar-refractivity contribution in [1.29, 1.82) is 0 Å². The summed E-state index contributed by atoms with van der Waals surface area (Å²) < 4.78 is 24.3. The summed E-state index contributed by atoms with van der Waals surface area (Å²) in [5.41, 5.74) is 0.834. The molecule has 0 aromatic heterocycles. The molecule has 0 unspecified atom stereocenters. The Hall–Kier alpha value is -1.13. The van der Waals surface area contributed by atoms with Crippen molar-refractivity contribution < 1.29 is 13.9 Å². The molecule has 0 bridgehead atoms. The molecule has 1 aromatic rings.